The molecule has 2 aliphatic heterocycles. The minimum absolute atomic E-state index is 0.00177. The lowest BCUT2D eigenvalue weighted by atomic mass is 9.60. The third kappa shape index (κ3) is 4.34. The zero-order chi connectivity index (χ0) is 38.8. The molecular formula is C42H63N5O7. The van der Waals surface area contributed by atoms with Gasteiger partial charge in [0.1, 0.15) is 23.4 Å². The van der Waals surface area contributed by atoms with Gasteiger partial charge in [-0.1, -0.05) is 73.6 Å². The second kappa shape index (κ2) is 11.3. The molecule has 0 aromatic carbocycles. The Balaban J connectivity index is 1.05. The highest BCUT2D eigenvalue weighted by molar-refractivity contribution is 6.40. The Labute approximate surface area is 319 Å². The van der Waals surface area contributed by atoms with E-state index in [1.807, 2.05) is 32.6 Å². The number of nitrogens with one attached hydrogen (secondary N) is 4. The Morgan fingerprint density at radius 1 is 0.926 bits per heavy atom. The van der Waals surface area contributed by atoms with Crippen molar-refractivity contribution in [3.63, 3.8) is 0 Å². The lowest BCUT2D eigenvalue weighted by Gasteiger charge is -2.57. The Bertz CT molecular complexity index is 1700. The summed E-state index contributed by atoms with van der Waals surface area (Å²) < 4.78 is 0. The predicted octanol–water partition coefficient (Wildman–Crippen LogP) is 2.68. The number of carbonyl (C=O) groups excluding carboxylic acids is 5. The number of ketones is 1. The fourth-order valence-electron chi connectivity index (χ4n) is 14.0. The Kier molecular flexibility index (Phi) is 7.75. The molecule has 298 valence electrons. The summed E-state index contributed by atoms with van der Waals surface area (Å²) in [6, 6.07) is -0.861. The smallest absolute Gasteiger partial charge is 0.289 e. The molecule has 13 atom stereocenters. The molecule has 9 aliphatic rings. The van der Waals surface area contributed by atoms with Crippen molar-refractivity contribution in [2.75, 3.05) is 0 Å². The van der Waals surface area contributed by atoms with Gasteiger partial charge in [0.15, 0.2) is 0 Å². The second-order valence-corrected chi connectivity index (χ2v) is 20.6. The fraction of sp³-hybridized carbons (Fsp3) is 0.881. The largest absolute Gasteiger partial charge is 0.379 e. The van der Waals surface area contributed by atoms with E-state index in [1.165, 1.54) is 0 Å². The highest BCUT2D eigenvalue weighted by Gasteiger charge is 2.97. The molecule has 12 heteroatoms. The average Bonchev–Trinajstić information content (AvgIpc) is 3.91. The van der Waals surface area contributed by atoms with Crippen LogP contribution in [0.1, 0.15) is 132 Å². The predicted molar refractivity (Wildman–Crippen MR) is 198 cm³/mol. The summed E-state index contributed by atoms with van der Waals surface area (Å²) in [5.41, 5.74) is -6.43. The lowest BCUT2D eigenvalue weighted by molar-refractivity contribution is -0.170. The van der Waals surface area contributed by atoms with Gasteiger partial charge in [-0.05, 0) is 105 Å². The van der Waals surface area contributed by atoms with Crippen molar-refractivity contribution in [1.29, 1.82) is 0 Å². The number of piperidine rings is 2. The molecular weight excluding hydrogens is 686 g/mol. The van der Waals surface area contributed by atoms with Gasteiger partial charge in [0, 0.05) is 11.5 Å². The molecule has 1 spiro atoms. The van der Waals surface area contributed by atoms with Crippen molar-refractivity contribution in [3.8, 4) is 0 Å². The Morgan fingerprint density at radius 3 is 2.19 bits per heavy atom. The van der Waals surface area contributed by atoms with E-state index in [0.717, 1.165) is 64.2 Å². The minimum atomic E-state index is -1.51. The van der Waals surface area contributed by atoms with Gasteiger partial charge in [-0.3, -0.25) is 29.3 Å². The van der Waals surface area contributed by atoms with Gasteiger partial charge in [-0.25, -0.2) is 0 Å². The van der Waals surface area contributed by atoms with Crippen LogP contribution in [-0.2, 0) is 24.0 Å². The molecule has 12 nitrogen and oxygen atoms in total. The summed E-state index contributed by atoms with van der Waals surface area (Å²) in [4.78, 5) is 73.0. The molecule has 7 unspecified atom stereocenters. The van der Waals surface area contributed by atoms with Crippen molar-refractivity contribution in [3.05, 3.63) is 0 Å². The monoisotopic (exact) mass is 749 g/mol. The molecule has 6 N–H and O–H groups in total. The Hall–Kier alpha value is -2.57. The van der Waals surface area contributed by atoms with E-state index in [0.29, 0.717) is 19.3 Å². The van der Waals surface area contributed by atoms with Crippen molar-refractivity contribution in [2.24, 2.45) is 52.3 Å². The van der Waals surface area contributed by atoms with Crippen LogP contribution < -0.4 is 21.3 Å². The third-order valence-electron chi connectivity index (χ3n) is 18.1. The molecule has 9 fully saturated rings. The van der Waals surface area contributed by atoms with Crippen molar-refractivity contribution >= 4 is 29.4 Å². The number of aliphatic hydroxyl groups is 2. The average molecular weight is 750 g/mol. The molecule has 0 aromatic heterocycles. The minimum Gasteiger partial charge on any atom is -0.379 e. The standard InChI is InChI=1S/C42H63N5O7/c1-8-24-19-39(24,30(48)32(50)43-25-16-17-25)46-33(51)40-20-27(40)37(6)18-12-15-26-29-36(4,5)38(7,35(53)47(40)42(26,29)37)45-31(49)28(23-13-10-9-11-14-23)44-34(52)41(54)21(2)22(41)3/h21-29,33,46,51,54H,8-20H2,1-7H3,(H,43,50)(H,44,52)(H,45,49)/t21?,22?,24-,26-,27-,28+,29?,33?,37+,38?,39?,40?,41?,42-/m1/s1. The van der Waals surface area contributed by atoms with Gasteiger partial charge < -0.3 is 31.1 Å². The van der Waals surface area contributed by atoms with E-state index in [9.17, 15) is 29.4 Å². The maximum atomic E-state index is 15.7. The zero-order valence-corrected chi connectivity index (χ0v) is 33.3. The molecule has 9 rings (SSSR count). The number of amides is 4. The highest BCUT2D eigenvalue weighted by atomic mass is 16.3. The summed E-state index contributed by atoms with van der Waals surface area (Å²) in [7, 11) is 0. The summed E-state index contributed by atoms with van der Waals surface area (Å²) in [5, 5.41) is 36.1. The van der Waals surface area contributed by atoms with E-state index in [4.69, 9.17) is 0 Å². The molecule has 7 saturated carbocycles. The molecule has 0 bridgehead atoms. The van der Waals surface area contributed by atoms with Gasteiger partial charge in [0.05, 0.1) is 16.6 Å². The van der Waals surface area contributed by atoms with Crippen molar-refractivity contribution in [2.45, 2.75) is 178 Å². The van der Waals surface area contributed by atoms with Crippen LogP contribution in [0, 0.1) is 52.3 Å². The van der Waals surface area contributed by atoms with Gasteiger partial charge in [0.25, 0.3) is 11.8 Å². The van der Waals surface area contributed by atoms with E-state index in [2.05, 4.69) is 42.0 Å². The van der Waals surface area contributed by atoms with E-state index >= 15 is 4.79 Å². The summed E-state index contributed by atoms with van der Waals surface area (Å²) in [6.45, 7) is 14.0. The summed E-state index contributed by atoms with van der Waals surface area (Å²) in [6.07, 6.45) is 9.63. The zero-order valence-electron chi connectivity index (χ0n) is 33.3. The first kappa shape index (κ1) is 37.0. The number of Topliss-reactive ketones (excluding diaryl/α,β-unsaturated/α-hetero) is 1. The third-order valence-corrected chi connectivity index (χ3v) is 18.1. The van der Waals surface area contributed by atoms with Crippen molar-refractivity contribution < 1.29 is 34.2 Å². The van der Waals surface area contributed by atoms with Gasteiger partial charge >= 0.3 is 0 Å². The van der Waals surface area contributed by atoms with Crippen LogP contribution in [0.5, 0.6) is 0 Å². The summed E-state index contributed by atoms with van der Waals surface area (Å²) in [5.74, 6) is -2.65. The van der Waals surface area contributed by atoms with Crippen LogP contribution in [0.25, 0.3) is 0 Å². The van der Waals surface area contributed by atoms with Crippen molar-refractivity contribution in [1.82, 2.24) is 26.2 Å². The second-order valence-electron chi connectivity index (χ2n) is 20.6. The number of carbonyl (C=O) groups is 5. The van der Waals surface area contributed by atoms with Gasteiger partial charge in [0.2, 0.25) is 17.6 Å². The molecule has 7 aliphatic carbocycles. The SMILES string of the molecule is CC[C@@H]1CC1(NC(O)C12C[C@@H]1[C@]1(C)CCC[C@@H]3C4C(C)(C)C(C)(NC(=O)[C@@H](NC(=O)C5(O)C(C)C5C)C5CCCCC5)C(=O)N2[C@@]431)C(=O)C(=O)NC1CC1. The number of nitrogens with zero attached hydrogens (tertiary/aromatic N) is 1. The number of fused-ring (bicyclic) bond motifs is 4. The number of aliphatic hydroxyl groups excluding tert-OH is 1. The first-order valence-corrected chi connectivity index (χ1v) is 21.4. The molecule has 0 aromatic rings. The lowest BCUT2D eigenvalue weighted by Crippen LogP contribution is -2.76. The van der Waals surface area contributed by atoms with Gasteiger partial charge in [-0.2, -0.15) is 0 Å². The molecule has 4 amide bonds. The van der Waals surface area contributed by atoms with Crippen LogP contribution >= 0.6 is 0 Å². The van der Waals surface area contributed by atoms with Crippen LogP contribution in [0.15, 0.2) is 0 Å². The van der Waals surface area contributed by atoms with Crippen LogP contribution in [0.4, 0.5) is 0 Å². The summed E-state index contributed by atoms with van der Waals surface area (Å²) >= 11 is 0. The highest BCUT2D eigenvalue weighted by Crippen LogP contribution is 2.89. The first-order chi connectivity index (χ1) is 25.4. The van der Waals surface area contributed by atoms with E-state index in [1.54, 1.807) is 0 Å². The number of rotatable bonds is 12. The first-order valence-electron chi connectivity index (χ1n) is 21.4. The molecule has 2 saturated heterocycles. The quantitative estimate of drug-likeness (QED) is 0.130. The normalized spacial score (nSPS) is 48.7. The Morgan fingerprint density at radius 2 is 1.59 bits per heavy atom. The van der Waals surface area contributed by atoms with Gasteiger partial charge in [-0.15, -0.1) is 0 Å². The molecule has 54 heavy (non-hydrogen) atoms. The van der Waals surface area contributed by atoms with Crippen LogP contribution in [-0.4, -0.2) is 90.6 Å². The fourth-order valence-corrected chi connectivity index (χ4v) is 14.0. The maximum absolute atomic E-state index is 15.7. The maximum Gasteiger partial charge on any atom is 0.289 e. The molecule has 2 heterocycles. The van der Waals surface area contributed by atoms with E-state index in [-0.39, 0.29) is 58.8 Å². The van der Waals surface area contributed by atoms with Crippen LogP contribution in [0.3, 0.4) is 0 Å². The van der Waals surface area contributed by atoms with Crippen LogP contribution in [0.2, 0.25) is 0 Å². The number of hydrogen-bond donors (Lipinski definition) is 6. The van der Waals surface area contributed by atoms with E-state index < -0.39 is 68.9 Å². The number of hydrogen-bond acceptors (Lipinski definition) is 8. The molecule has 0 radical (unpaired) electrons. The topological polar surface area (TPSA) is 177 Å².